The number of amides is 1. The number of carbonyl (C=O) groups excluding carboxylic acids is 1. The van der Waals surface area contributed by atoms with Crippen molar-refractivity contribution in [2.75, 3.05) is 14.2 Å². The maximum Gasteiger partial charge on any atom is 0.297 e. The fraction of sp³-hybridized carbons (Fsp3) is 0.158. The third kappa shape index (κ3) is 4.28. The molecule has 1 amide bonds. The Morgan fingerprint density at radius 1 is 1.12 bits per heavy atom. The average molecular weight is 320 g/mol. The maximum atomic E-state index is 12.0. The van der Waals surface area contributed by atoms with Crippen LogP contribution in [-0.4, -0.2) is 20.1 Å². The highest BCUT2D eigenvalue weighted by Gasteiger charge is 2.18. The van der Waals surface area contributed by atoms with Gasteiger partial charge in [0.25, 0.3) is 5.91 Å². The zero-order valence-electron chi connectivity index (χ0n) is 13.4. The van der Waals surface area contributed by atoms with Gasteiger partial charge in [-0.25, -0.2) is 0 Å². The third-order valence-electron chi connectivity index (χ3n) is 3.25. The first kappa shape index (κ1) is 16.9. The van der Waals surface area contributed by atoms with Crippen LogP contribution in [0.3, 0.4) is 0 Å². The molecule has 1 unspecified atom stereocenters. The lowest BCUT2D eigenvalue weighted by Gasteiger charge is -2.14. The fourth-order valence-electron chi connectivity index (χ4n) is 2.05. The lowest BCUT2D eigenvalue weighted by Crippen LogP contribution is -2.26. The van der Waals surface area contributed by atoms with Crippen LogP contribution >= 0.6 is 0 Å². The fourth-order valence-corrected chi connectivity index (χ4v) is 2.05. The summed E-state index contributed by atoms with van der Waals surface area (Å²) >= 11 is 0. The molecule has 0 heterocycles. The van der Waals surface area contributed by atoms with Crippen LogP contribution in [0.2, 0.25) is 0 Å². The first-order valence-electron chi connectivity index (χ1n) is 7.17. The van der Waals surface area contributed by atoms with Gasteiger partial charge in [0.05, 0.1) is 20.3 Å². The number of nitrogens with zero attached hydrogens (tertiary/aromatic N) is 1. The third-order valence-corrected chi connectivity index (χ3v) is 3.25. The van der Waals surface area contributed by atoms with Crippen LogP contribution in [0, 0.1) is 23.2 Å². The van der Waals surface area contributed by atoms with Gasteiger partial charge in [0, 0.05) is 23.1 Å². The van der Waals surface area contributed by atoms with Crippen molar-refractivity contribution in [3.8, 4) is 29.4 Å². The van der Waals surface area contributed by atoms with E-state index in [1.165, 1.54) is 14.2 Å². The summed E-state index contributed by atoms with van der Waals surface area (Å²) in [5.74, 6) is 5.74. The molecule has 0 radical (unpaired) electrons. The van der Waals surface area contributed by atoms with Crippen LogP contribution in [0.5, 0.6) is 11.5 Å². The van der Waals surface area contributed by atoms with Crippen molar-refractivity contribution in [3.05, 3.63) is 59.7 Å². The smallest absolute Gasteiger partial charge is 0.297 e. The summed E-state index contributed by atoms with van der Waals surface area (Å²) in [6, 6.07) is 15.3. The molecule has 0 aromatic heterocycles. The first-order valence-corrected chi connectivity index (χ1v) is 7.17. The number of rotatable bonds is 4. The summed E-state index contributed by atoms with van der Waals surface area (Å²) in [5, 5.41) is 11.9. The molecule has 0 aliphatic rings. The second-order valence-electron chi connectivity index (χ2n) is 4.76. The van der Waals surface area contributed by atoms with E-state index in [1.54, 1.807) is 30.3 Å². The summed E-state index contributed by atoms with van der Waals surface area (Å²) in [6.07, 6.45) is 0. The van der Waals surface area contributed by atoms with Crippen LogP contribution in [-0.2, 0) is 4.79 Å². The normalized spacial score (nSPS) is 10.5. The minimum atomic E-state index is -0.872. The zero-order valence-corrected chi connectivity index (χ0v) is 13.4. The van der Waals surface area contributed by atoms with Gasteiger partial charge < -0.3 is 14.8 Å². The molecule has 0 fully saturated rings. The molecule has 0 saturated heterocycles. The molecule has 2 aromatic rings. The molecule has 0 aliphatic heterocycles. The van der Waals surface area contributed by atoms with Gasteiger partial charge in [0.2, 0.25) is 0 Å². The summed E-state index contributed by atoms with van der Waals surface area (Å²) in [7, 11) is 3.03. The summed E-state index contributed by atoms with van der Waals surface area (Å²) in [4.78, 5) is 12.0. The van der Waals surface area contributed by atoms with Gasteiger partial charge in [-0.1, -0.05) is 24.1 Å². The Balaban J connectivity index is 2.17. The van der Waals surface area contributed by atoms with Gasteiger partial charge in [0.1, 0.15) is 17.5 Å². The van der Waals surface area contributed by atoms with E-state index in [4.69, 9.17) is 9.47 Å². The Kier molecular flexibility index (Phi) is 5.82. The number of nitriles is 1. The number of nitrogens with one attached hydrogen (secondary N) is 1. The Bertz CT molecular complexity index is 814. The van der Waals surface area contributed by atoms with E-state index in [9.17, 15) is 10.1 Å². The molecule has 1 atom stereocenters. The SMILES string of the molecule is COc1ccc(C(C#N)NC(=O)C#Cc2ccccc2)c(OC)c1. The van der Waals surface area contributed by atoms with E-state index < -0.39 is 11.9 Å². The van der Waals surface area contributed by atoms with Crippen LogP contribution in [0.15, 0.2) is 48.5 Å². The molecule has 24 heavy (non-hydrogen) atoms. The minimum Gasteiger partial charge on any atom is -0.497 e. The van der Waals surface area contributed by atoms with Crippen molar-refractivity contribution in [1.29, 1.82) is 5.26 Å². The standard InChI is InChI=1S/C19H16N2O3/c1-23-15-9-10-16(18(12-15)24-2)17(13-20)21-19(22)11-8-14-6-4-3-5-7-14/h3-7,9-10,12,17H,1-2H3,(H,21,22). The molecule has 5 nitrogen and oxygen atoms in total. The Hall–Kier alpha value is -3.44. The van der Waals surface area contributed by atoms with Crippen LogP contribution < -0.4 is 14.8 Å². The van der Waals surface area contributed by atoms with Gasteiger partial charge in [-0.3, -0.25) is 4.79 Å². The van der Waals surface area contributed by atoms with Crippen LogP contribution in [0.4, 0.5) is 0 Å². The average Bonchev–Trinajstić information content (AvgIpc) is 2.64. The topological polar surface area (TPSA) is 71.3 Å². The number of methoxy groups -OCH3 is 2. The Morgan fingerprint density at radius 2 is 1.88 bits per heavy atom. The van der Waals surface area contributed by atoms with Crippen LogP contribution in [0.1, 0.15) is 17.2 Å². The number of hydrogen-bond donors (Lipinski definition) is 1. The number of benzene rings is 2. The summed E-state index contributed by atoms with van der Waals surface area (Å²) in [5.41, 5.74) is 1.26. The van der Waals surface area contributed by atoms with Gasteiger partial charge in [-0.15, -0.1) is 0 Å². The second kappa shape index (κ2) is 8.26. The molecule has 120 valence electrons. The lowest BCUT2D eigenvalue weighted by atomic mass is 10.1. The van der Waals surface area contributed by atoms with Gasteiger partial charge in [-0.2, -0.15) is 5.26 Å². The predicted octanol–water partition coefficient (Wildman–Crippen LogP) is 2.44. The molecule has 0 saturated carbocycles. The highest BCUT2D eigenvalue weighted by molar-refractivity contribution is 5.94. The van der Waals surface area contributed by atoms with Crippen LogP contribution in [0.25, 0.3) is 0 Å². The Labute approximate surface area is 140 Å². The van der Waals surface area contributed by atoms with E-state index in [0.29, 0.717) is 17.1 Å². The van der Waals surface area contributed by atoms with Crippen molar-refractivity contribution in [1.82, 2.24) is 5.32 Å². The number of carbonyl (C=O) groups is 1. The number of hydrogen-bond acceptors (Lipinski definition) is 4. The zero-order chi connectivity index (χ0) is 17.4. The van der Waals surface area contributed by atoms with Gasteiger partial charge in [0.15, 0.2) is 0 Å². The highest BCUT2D eigenvalue weighted by atomic mass is 16.5. The molecule has 0 bridgehead atoms. The van der Waals surface area contributed by atoms with E-state index in [1.807, 2.05) is 24.3 Å². The van der Waals surface area contributed by atoms with Gasteiger partial charge >= 0.3 is 0 Å². The van der Waals surface area contributed by atoms with Crippen molar-refractivity contribution in [3.63, 3.8) is 0 Å². The van der Waals surface area contributed by atoms with E-state index in [0.717, 1.165) is 5.56 Å². The van der Waals surface area contributed by atoms with E-state index >= 15 is 0 Å². The van der Waals surface area contributed by atoms with Crippen molar-refractivity contribution >= 4 is 5.91 Å². The highest BCUT2D eigenvalue weighted by Crippen LogP contribution is 2.29. The second-order valence-corrected chi connectivity index (χ2v) is 4.76. The Morgan fingerprint density at radius 3 is 2.50 bits per heavy atom. The predicted molar refractivity (Wildman–Crippen MR) is 89.4 cm³/mol. The molecule has 1 N–H and O–H groups in total. The number of ether oxygens (including phenoxy) is 2. The van der Waals surface area contributed by atoms with E-state index in [-0.39, 0.29) is 0 Å². The van der Waals surface area contributed by atoms with Crippen molar-refractivity contribution in [2.45, 2.75) is 6.04 Å². The lowest BCUT2D eigenvalue weighted by molar-refractivity contribution is -0.116. The summed E-state index contributed by atoms with van der Waals surface area (Å²) < 4.78 is 10.4. The first-order chi connectivity index (χ1) is 11.7. The van der Waals surface area contributed by atoms with Crippen molar-refractivity contribution < 1.29 is 14.3 Å². The molecule has 5 heteroatoms. The summed E-state index contributed by atoms with van der Waals surface area (Å²) in [6.45, 7) is 0. The molecule has 0 aliphatic carbocycles. The monoisotopic (exact) mass is 320 g/mol. The largest absolute Gasteiger partial charge is 0.497 e. The van der Waals surface area contributed by atoms with Gasteiger partial charge in [-0.05, 0) is 24.3 Å². The molecule has 0 spiro atoms. The molecule has 2 rings (SSSR count). The molecular weight excluding hydrogens is 304 g/mol. The van der Waals surface area contributed by atoms with E-state index in [2.05, 4.69) is 17.2 Å². The molecule has 2 aromatic carbocycles. The molecular formula is C19H16N2O3. The van der Waals surface area contributed by atoms with Crippen molar-refractivity contribution in [2.24, 2.45) is 0 Å². The minimum absolute atomic E-state index is 0.456. The quantitative estimate of drug-likeness (QED) is 0.878. The maximum absolute atomic E-state index is 12.0.